The zero-order valence-electron chi connectivity index (χ0n) is 14.0. The van der Waals surface area contributed by atoms with Crippen molar-refractivity contribution in [1.82, 2.24) is 4.90 Å². The zero-order valence-corrected chi connectivity index (χ0v) is 14.0. The second kappa shape index (κ2) is 6.60. The molecule has 24 heavy (non-hydrogen) atoms. The molecule has 0 spiro atoms. The molecule has 1 fully saturated rings. The van der Waals surface area contributed by atoms with Crippen molar-refractivity contribution >= 4 is 0 Å². The van der Waals surface area contributed by atoms with Gasteiger partial charge in [0, 0.05) is 19.1 Å². The average molecular weight is 333 g/mol. The molecule has 2 aromatic rings. The van der Waals surface area contributed by atoms with Crippen molar-refractivity contribution in [2.24, 2.45) is 5.92 Å². The number of nitrogens with zero attached hydrogens (tertiary/aromatic N) is 1. The quantitative estimate of drug-likeness (QED) is 0.707. The number of hydrogen-bond acceptors (Lipinski definition) is 1. The van der Waals surface area contributed by atoms with Gasteiger partial charge in [0.05, 0.1) is 5.56 Å². The molecule has 4 heteroatoms. The van der Waals surface area contributed by atoms with Crippen LogP contribution in [0, 0.1) is 12.8 Å². The van der Waals surface area contributed by atoms with Crippen LogP contribution in [0.2, 0.25) is 0 Å². The van der Waals surface area contributed by atoms with E-state index in [-0.39, 0.29) is 6.04 Å². The Morgan fingerprint density at radius 3 is 2.21 bits per heavy atom. The predicted octanol–water partition coefficient (Wildman–Crippen LogP) is 5.60. The van der Waals surface area contributed by atoms with Crippen LogP contribution in [0.1, 0.15) is 41.6 Å². The fourth-order valence-corrected chi connectivity index (χ4v) is 3.48. The Hall–Kier alpha value is -1.81. The molecule has 0 bridgehead atoms. The molecule has 3 rings (SSSR count). The van der Waals surface area contributed by atoms with Crippen molar-refractivity contribution in [2.75, 3.05) is 6.54 Å². The highest BCUT2D eigenvalue weighted by Gasteiger charge is 2.33. The number of aryl methyl sites for hydroxylation is 1. The molecule has 0 radical (unpaired) electrons. The van der Waals surface area contributed by atoms with Crippen molar-refractivity contribution < 1.29 is 13.2 Å². The zero-order chi connectivity index (χ0) is 17.3. The number of rotatable bonds is 3. The fourth-order valence-electron chi connectivity index (χ4n) is 3.48. The number of alkyl halides is 3. The topological polar surface area (TPSA) is 3.24 Å². The Bertz CT molecular complexity index is 674. The third-order valence-corrected chi connectivity index (χ3v) is 4.74. The second-order valence-electron chi connectivity index (χ2n) is 6.89. The standard InChI is InChI=1S/C20H22F3N/c1-14-3-5-16(6-4-14)13-24-12-15(2)11-19(24)17-7-9-18(10-8-17)20(21,22)23/h3-10,15,19H,11-13H2,1-2H3/t15-,19-/m1/s1. The highest BCUT2D eigenvalue weighted by Crippen LogP contribution is 2.37. The molecule has 2 atom stereocenters. The van der Waals surface area contributed by atoms with Gasteiger partial charge in [0.15, 0.2) is 0 Å². The maximum atomic E-state index is 12.7. The van der Waals surface area contributed by atoms with Crippen LogP contribution in [-0.2, 0) is 12.7 Å². The van der Waals surface area contributed by atoms with Crippen LogP contribution in [-0.4, -0.2) is 11.4 Å². The van der Waals surface area contributed by atoms with Crippen LogP contribution in [0.4, 0.5) is 13.2 Å². The summed E-state index contributed by atoms with van der Waals surface area (Å²) in [5, 5.41) is 0. The van der Waals surface area contributed by atoms with E-state index in [1.54, 1.807) is 12.1 Å². The average Bonchev–Trinajstić information content (AvgIpc) is 2.89. The molecule has 128 valence electrons. The monoisotopic (exact) mass is 333 g/mol. The van der Waals surface area contributed by atoms with Crippen LogP contribution in [0.3, 0.4) is 0 Å². The highest BCUT2D eigenvalue weighted by molar-refractivity contribution is 5.28. The summed E-state index contributed by atoms with van der Waals surface area (Å²) >= 11 is 0. The van der Waals surface area contributed by atoms with E-state index in [4.69, 9.17) is 0 Å². The van der Waals surface area contributed by atoms with E-state index in [2.05, 4.69) is 43.0 Å². The second-order valence-corrected chi connectivity index (χ2v) is 6.89. The molecule has 1 heterocycles. The highest BCUT2D eigenvalue weighted by atomic mass is 19.4. The van der Waals surface area contributed by atoms with E-state index < -0.39 is 11.7 Å². The number of halogens is 3. The lowest BCUT2D eigenvalue weighted by molar-refractivity contribution is -0.137. The molecule has 1 aliphatic heterocycles. The molecule has 0 saturated carbocycles. The Balaban J connectivity index is 1.78. The predicted molar refractivity (Wildman–Crippen MR) is 89.6 cm³/mol. The SMILES string of the molecule is Cc1ccc(CN2C[C@H](C)C[C@@H]2c2ccc(C(F)(F)F)cc2)cc1. The van der Waals surface area contributed by atoms with Crippen LogP contribution in [0.5, 0.6) is 0 Å². The summed E-state index contributed by atoms with van der Waals surface area (Å²) in [6, 6.07) is 14.3. The Morgan fingerprint density at radius 2 is 1.62 bits per heavy atom. The van der Waals surface area contributed by atoms with E-state index in [1.165, 1.54) is 23.3 Å². The van der Waals surface area contributed by atoms with Crippen molar-refractivity contribution in [3.05, 3.63) is 70.8 Å². The molecular weight excluding hydrogens is 311 g/mol. The first-order chi connectivity index (χ1) is 11.3. The number of hydrogen-bond donors (Lipinski definition) is 0. The molecule has 0 N–H and O–H groups in total. The number of likely N-dealkylation sites (tertiary alicyclic amines) is 1. The Morgan fingerprint density at radius 1 is 1.00 bits per heavy atom. The minimum Gasteiger partial charge on any atom is -0.292 e. The van der Waals surface area contributed by atoms with E-state index in [0.29, 0.717) is 5.92 Å². The van der Waals surface area contributed by atoms with Gasteiger partial charge in [0.25, 0.3) is 0 Å². The van der Waals surface area contributed by atoms with Gasteiger partial charge in [-0.1, -0.05) is 48.9 Å². The smallest absolute Gasteiger partial charge is 0.292 e. The van der Waals surface area contributed by atoms with Gasteiger partial charge in [-0.15, -0.1) is 0 Å². The molecule has 0 unspecified atom stereocenters. The van der Waals surface area contributed by atoms with Crippen LogP contribution < -0.4 is 0 Å². The Labute approximate surface area is 141 Å². The van der Waals surface area contributed by atoms with Crippen molar-refractivity contribution in [2.45, 2.75) is 39.0 Å². The first kappa shape index (κ1) is 17.0. The van der Waals surface area contributed by atoms with E-state index in [0.717, 1.165) is 25.1 Å². The van der Waals surface area contributed by atoms with Gasteiger partial charge in [0.1, 0.15) is 0 Å². The lowest BCUT2D eigenvalue weighted by Crippen LogP contribution is -2.23. The normalized spacial score (nSPS) is 22.0. The van der Waals surface area contributed by atoms with Gasteiger partial charge in [-0.25, -0.2) is 0 Å². The number of benzene rings is 2. The summed E-state index contributed by atoms with van der Waals surface area (Å²) in [6.45, 7) is 6.06. The van der Waals surface area contributed by atoms with Gasteiger partial charge in [0.2, 0.25) is 0 Å². The van der Waals surface area contributed by atoms with Crippen LogP contribution in [0.15, 0.2) is 48.5 Å². The fraction of sp³-hybridized carbons (Fsp3) is 0.400. The molecule has 1 saturated heterocycles. The first-order valence-corrected chi connectivity index (χ1v) is 8.29. The van der Waals surface area contributed by atoms with E-state index >= 15 is 0 Å². The third kappa shape index (κ3) is 3.81. The van der Waals surface area contributed by atoms with Gasteiger partial charge >= 0.3 is 6.18 Å². The summed E-state index contributed by atoms with van der Waals surface area (Å²) in [5.74, 6) is 0.544. The third-order valence-electron chi connectivity index (χ3n) is 4.74. The van der Waals surface area contributed by atoms with Gasteiger partial charge in [-0.3, -0.25) is 4.90 Å². The lowest BCUT2D eigenvalue weighted by atomic mass is 9.99. The van der Waals surface area contributed by atoms with Gasteiger partial charge in [-0.2, -0.15) is 13.2 Å². The summed E-state index contributed by atoms with van der Waals surface area (Å²) in [4.78, 5) is 2.37. The minimum absolute atomic E-state index is 0.184. The summed E-state index contributed by atoms with van der Waals surface area (Å²) in [5.41, 5.74) is 2.86. The van der Waals surface area contributed by atoms with Crippen LogP contribution >= 0.6 is 0 Å². The van der Waals surface area contributed by atoms with Gasteiger partial charge < -0.3 is 0 Å². The van der Waals surface area contributed by atoms with E-state index in [1.807, 2.05) is 0 Å². The lowest BCUT2D eigenvalue weighted by Gasteiger charge is -2.25. The largest absolute Gasteiger partial charge is 0.416 e. The first-order valence-electron chi connectivity index (χ1n) is 8.29. The summed E-state index contributed by atoms with van der Waals surface area (Å²) < 4.78 is 38.2. The maximum Gasteiger partial charge on any atom is 0.416 e. The van der Waals surface area contributed by atoms with Crippen molar-refractivity contribution in [3.8, 4) is 0 Å². The minimum atomic E-state index is -4.27. The molecule has 0 amide bonds. The molecule has 1 aliphatic rings. The molecule has 0 aromatic heterocycles. The molecular formula is C20H22F3N. The summed E-state index contributed by atoms with van der Waals surface area (Å²) in [7, 11) is 0. The van der Waals surface area contributed by atoms with E-state index in [9.17, 15) is 13.2 Å². The maximum absolute atomic E-state index is 12.7. The molecule has 2 aromatic carbocycles. The van der Waals surface area contributed by atoms with Crippen molar-refractivity contribution in [3.63, 3.8) is 0 Å². The van der Waals surface area contributed by atoms with Crippen molar-refractivity contribution in [1.29, 1.82) is 0 Å². The van der Waals surface area contributed by atoms with Crippen LogP contribution in [0.25, 0.3) is 0 Å². The Kier molecular flexibility index (Phi) is 4.68. The van der Waals surface area contributed by atoms with Gasteiger partial charge in [-0.05, 0) is 42.5 Å². The molecule has 0 aliphatic carbocycles. The molecule has 1 nitrogen and oxygen atoms in total. The summed E-state index contributed by atoms with van der Waals surface area (Å²) in [6.07, 6.45) is -3.29.